The van der Waals surface area contributed by atoms with Gasteiger partial charge >= 0.3 is 0 Å². The topological polar surface area (TPSA) is 34.4 Å². The Bertz CT molecular complexity index is 751. The van der Waals surface area contributed by atoms with Gasteiger partial charge in [-0.1, -0.05) is 45.9 Å². The first-order valence-corrected chi connectivity index (χ1v) is 11.6. The number of nitrogens with zero attached hydrogens (tertiary/aromatic N) is 1. The Kier molecular flexibility index (Phi) is 5.30. The van der Waals surface area contributed by atoms with Gasteiger partial charge in [-0.15, -0.1) is 0 Å². The molecule has 0 unspecified atom stereocenters. The van der Waals surface area contributed by atoms with Crippen molar-refractivity contribution in [2.75, 3.05) is 0 Å². The van der Waals surface area contributed by atoms with E-state index in [1.54, 1.807) is 0 Å². The van der Waals surface area contributed by atoms with Crippen molar-refractivity contribution in [2.45, 2.75) is 58.9 Å². The third-order valence-electron chi connectivity index (χ3n) is 5.26. The SMILES string of the molecule is CCC=C(O)c1c(CO[Si](C)(C)C(C)(C)C)n(C)c2ccccc12. The van der Waals surface area contributed by atoms with Crippen LogP contribution in [0.2, 0.25) is 18.1 Å². The summed E-state index contributed by atoms with van der Waals surface area (Å²) in [5.74, 6) is 0.350. The fourth-order valence-electron chi connectivity index (χ4n) is 2.66. The van der Waals surface area contributed by atoms with Crippen molar-refractivity contribution in [1.82, 2.24) is 4.57 Å². The van der Waals surface area contributed by atoms with E-state index in [1.807, 2.05) is 25.1 Å². The molecular weight excluding hydrogens is 314 g/mol. The lowest BCUT2D eigenvalue weighted by Gasteiger charge is -2.36. The maximum atomic E-state index is 10.6. The van der Waals surface area contributed by atoms with Gasteiger partial charge in [0.1, 0.15) is 5.76 Å². The number of aliphatic hydroxyl groups excluding tert-OH is 1. The molecule has 0 aliphatic heterocycles. The Morgan fingerprint density at radius 2 is 1.88 bits per heavy atom. The molecule has 0 saturated heterocycles. The maximum Gasteiger partial charge on any atom is 0.192 e. The second-order valence-corrected chi connectivity index (χ2v) is 12.8. The Balaban J connectivity index is 2.52. The number of fused-ring (bicyclic) bond motifs is 1. The van der Waals surface area contributed by atoms with Crippen LogP contribution in [0, 0.1) is 0 Å². The van der Waals surface area contributed by atoms with Crippen molar-refractivity contribution in [3.63, 3.8) is 0 Å². The fourth-order valence-corrected chi connectivity index (χ4v) is 3.59. The van der Waals surface area contributed by atoms with Gasteiger partial charge in [-0.05, 0) is 36.7 Å². The van der Waals surface area contributed by atoms with Gasteiger partial charge in [-0.25, -0.2) is 0 Å². The van der Waals surface area contributed by atoms with Crippen molar-refractivity contribution in [2.24, 2.45) is 7.05 Å². The lowest BCUT2D eigenvalue weighted by molar-refractivity contribution is 0.268. The Morgan fingerprint density at radius 3 is 2.46 bits per heavy atom. The molecule has 0 saturated carbocycles. The number of aliphatic hydroxyl groups is 1. The van der Waals surface area contributed by atoms with Gasteiger partial charge in [0.15, 0.2) is 8.32 Å². The first kappa shape index (κ1) is 18.8. The van der Waals surface area contributed by atoms with Crippen LogP contribution in [0.5, 0.6) is 0 Å². The van der Waals surface area contributed by atoms with Crippen molar-refractivity contribution < 1.29 is 9.53 Å². The number of hydrogen-bond donors (Lipinski definition) is 1. The van der Waals surface area contributed by atoms with Gasteiger partial charge in [-0.3, -0.25) is 0 Å². The standard InChI is InChI=1S/C20H31NO2Si/c1-8-11-18(22)19-15-12-9-10-13-16(15)21(5)17(19)14-23-24(6,7)20(2,3)4/h9-13,22H,8,14H2,1-7H3. The molecule has 0 radical (unpaired) electrons. The third kappa shape index (κ3) is 3.45. The van der Waals surface area contributed by atoms with Gasteiger partial charge < -0.3 is 14.1 Å². The molecule has 132 valence electrons. The van der Waals surface area contributed by atoms with E-state index in [-0.39, 0.29) is 5.04 Å². The number of aromatic nitrogens is 1. The highest BCUT2D eigenvalue weighted by Gasteiger charge is 2.37. The van der Waals surface area contributed by atoms with Crippen LogP contribution in [0.4, 0.5) is 0 Å². The Hall–Kier alpha value is -1.52. The van der Waals surface area contributed by atoms with Gasteiger partial charge in [-0.2, -0.15) is 0 Å². The first-order valence-electron chi connectivity index (χ1n) is 8.70. The van der Waals surface area contributed by atoms with E-state index in [2.05, 4.69) is 57.6 Å². The summed E-state index contributed by atoms with van der Waals surface area (Å²) in [6.07, 6.45) is 2.68. The van der Waals surface area contributed by atoms with Crippen LogP contribution in [-0.2, 0) is 18.1 Å². The molecule has 0 fully saturated rings. The van der Waals surface area contributed by atoms with Crippen LogP contribution >= 0.6 is 0 Å². The summed E-state index contributed by atoms with van der Waals surface area (Å²) < 4.78 is 8.59. The van der Waals surface area contributed by atoms with E-state index in [0.717, 1.165) is 28.6 Å². The van der Waals surface area contributed by atoms with E-state index in [1.165, 1.54) is 0 Å². The molecule has 2 aromatic rings. The van der Waals surface area contributed by atoms with Crippen LogP contribution in [0.25, 0.3) is 16.7 Å². The fraction of sp³-hybridized carbons (Fsp3) is 0.500. The average Bonchev–Trinajstić information content (AvgIpc) is 2.77. The van der Waals surface area contributed by atoms with Crippen LogP contribution in [0.15, 0.2) is 30.3 Å². The lowest BCUT2D eigenvalue weighted by atomic mass is 10.1. The zero-order chi connectivity index (χ0) is 18.1. The predicted molar refractivity (Wildman–Crippen MR) is 106 cm³/mol. The smallest absolute Gasteiger partial charge is 0.192 e. The monoisotopic (exact) mass is 345 g/mol. The molecule has 1 heterocycles. The van der Waals surface area contributed by atoms with Crippen molar-refractivity contribution in [1.29, 1.82) is 0 Å². The minimum absolute atomic E-state index is 0.166. The van der Waals surface area contributed by atoms with E-state index >= 15 is 0 Å². The molecular formula is C20H31NO2Si. The number of rotatable bonds is 5. The first-order chi connectivity index (χ1) is 11.1. The molecule has 1 aromatic carbocycles. The summed E-state index contributed by atoms with van der Waals surface area (Å²) >= 11 is 0. The quantitative estimate of drug-likeness (QED) is 0.532. The highest BCUT2D eigenvalue weighted by molar-refractivity contribution is 6.74. The van der Waals surface area contributed by atoms with Gasteiger partial charge in [0.2, 0.25) is 0 Å². The van der Waals surface area contributed by atoms with Gasteiger partial charge in [0.25, 0.3) is 0 Å². The van der Waals surface area contributed by atoms with Gasteiger partial charge in [0, 0.05) is 23.5 Å². The zero-order valence-corrected chi connectivity index (χ0v) is 17.1. The number of para-hydroxylation sites is 1. The van der Waals surface area contributed by atoms with E-state index in [0.29, 0.717) is 12.4 Å². The molecule has 0 atom stereocenters. The third-order valence-corrected chi connectivity index (χ3v) is 9.74. The Morgan fingerprint density at radius 1 is 1.25 bits per heavy atom. The molecule has 2 rings (SSSR count). The van der Waals surface area contributed by atoms with Crippen LogP contribution < -0.4 is 0 Å². The zero-order valence-electron chi connectivity index (χ0n) is 16.1. The summed E-state index contributed by atoms with van der Waals surface area (Å²) in [6, 6.07) is 8.21. The molecule has 1 aromatic heterocycles. The van der Waals surface area contributed by atoms with Crippen molar-refractivity contribution >= 4 is 25.0 Å². The van der Waals surface area contributed by atoms with Crippen molar-refractivity contribution in [3.05, 3.63) is 41.6 Å². The van der Waals surface area contributed by atoms with E-state index in [4.69, 9.17) is 4.43 Å². The second-order valence-electron chi connectivity index (χ2n) is 7.94. The van der Waals surface area contributed by atoms with E-state index < -0.39 is 8.32 Å². The molecule has 1 N–H and O–H groups in total. The number of hydrogen-bond acceptors (Lipinski definition) is 2. The predicted octanol–water partition coefficient (Wildman–Crippen LogP) is 6.01. The lowest BCUT2D eigenvalue weighted by Crippen LogP contribution is -2.40. The van der Waals surface area contributed by atoms with Crippen LogP contribution in [0.1, 0.15) is 45.4 Å². The van der Waals surface area contributed by atoms with Crippen LogP contribution in [-0.4, -0.2) is 18.0 Å². The summed E-state index contributed by atoms with van der Waals surface area (Å²) in [5, 5.41) is 11.9. The molecule has 0 aliphatic carbocycles. The Labute approximate surface area is 147 Å². The summed E-state index contributed by atoms with van der Waals surface area (Å²) in [4.78, 5) is 0. The maximum absolute atomic E-state index is 10.6. The molecule has 4 heteroatoms. The largest absolute Gasteiger partial charge is 0.508 e. The highest BCUT2D eigenvalue weighted by Crippen LogP contribution is 2.38. The summed E-state index contributed by atoms with van der Waals surface area (Å²) in [6.45, 7) is 13.8. The average molecular weight is 346 g/mol. The molecule has 0 bridgehead atoms. The highest BCUT2D eigenvalue weighted by atomic mass is 28.4. The molecule has 24 heavy (non-hydrogen) atoms. The number of allylic oxidation sites excluding steroid dienone is 1. The molecule has 0 spiro atoms. The number of benzene rings is 1. The number of aryl methyl sites for hydroxylation is 1. The normalized spacial score (nSPS) is 13.7. The minimum atomic E-state index is -1.85. The second kappa shape index (κ2) is 6.77. The van der Waals surface area contributed by atoms with E-state index in [9.17, 15) is 5.11 Å². The van der Waals surface area contributed by atoms with Crippen molar-refractivity contribution in [3.8, 4) is 0 Å². The summed E-state index contributed by atoms with van der Waals surface area (Å²) in [7, 11) is 0.201. The van der Waals surface area contributed by atoms with Gasteiger partial charge in [0.05, 0.1) is 12.3 Å². The molecule has 0 aliphatic rings. The minimum Gasteiger partial charge on any atom is -0.508 e. The van der Waals surface area contributed by atoms with Crippen LogP contribution in [0.3, 0.4) is 0 Å². The summed E-state index contributed by atoms with van der Waals surface area (Å²) in [5.41, 5.74) is 3.08. The molecule has 0 amide bonds. The molecule has 3 nitrogen and oxygen atoms in total.